The van der Waals surface area contributed by atoms with E-state index in [1.165, 1.54) is 0 Å². The SMILES string of the molecule is CCN(CC)[C@@H](CNC(=O)CN1CCO[C@@H](C)C1)c1ccco1. The maximum absolute atomic E-state index is 12.2. The van der Waals surface area contributed by atoms with E-state index >= 15 is 0 Å². The number of likely N-dealkylation sites (N-methyl/N-ethyl adjacent to an activating group) is 1. The molecule has 2 atom stereocenters. The van der Waals surface area contributed by atoms with E-state index < -0.39 is 0 Å². The zero-order valence-electron chi connectivity index (χ0n) is 14.5. The lowest BCUT2D eigenvalue weighted by Gasteiger charge is -2.31. The molecule has 1 fully saturated rings. The van der Waals surface area contributed by atoms with Crippen LogP contribution < -0.4 is 5.32 Å². The van der Waals surface area contributed by atoms with Crippen molar-refractivity contribution in [1.29, 1.82) is 0 Å². The van der Waals surface area contributed by atoms with Crippen LogP contribution in [-0.4, -0.2) is 67.7 Å². The maximum Gasteiger partial charge on any atom is 0.234 e. The van der Waals surface area contributed by atoms with Crippen LogP contribution in [0.15, 0.2) is 22.8 Å². The third kappa shape index (κ3) is 5.34. The third-order valence-corrected chi connectivity index (χ3v) is 4.31. The lowest BCUT2D eigenvalue weighted by molar-refractivity contribution is -0.124. The largest absolute Gasteiger partial charge is 0.468 e. The molecule has 2 rings (SSSR count). The first-order valence-corrected chi connectivity index (χ1v) is 8.52. The second-order valence-electron chi connectivity index (χ2n) is 5.97. The predicted molar refractivity (Wildman–Crippen MR) is 89.2 cm³/mol. The number of amides is 1. The van der Waals surface area contributed by atoms with E-state index in [-0.39, 0.29) is 18.1 Å². The average molecular weight is 323 g/mol. The van der Waals surface area contributed by atoms with Gasteiger partial charge in [-0.3, -0.25) is 14.6 Å². The zero-order valence-corrected chi connectivity index (χ0v) is 14.5. The van der Waals surface area contributed by atoms with Gasteiger partial charge in [0.2, 0.25) is 5.91 Å². The Kier molecular flexibility index (Phi) is 7.08. The molecule has 1 aliphatic heterocycles. The first kappa shape index (κ1) is 18.0. The summed E-state index contributed by atoms with van der Waals surface area (Å²) < 4.78 is 11.1. The van der Waals surface area contributed by atoms with Crippen LogP contribution >= 0.6 is 0 Å². The van der Waals surface area contributed by atoms with Crippen molar-refractivity contribution in [2.45, 2.75) is 32.9 Å². The van der Waals surface area contributed by atoms with Gasteiger partial charge in [-0.05, 0) is 32.1 Å². The van der Waals surface area contributed by atoms with E-state index in [2.05, 4.69) is 29.0 Å². The van der Waals surface area contributed by atoms with Crippen molar-refractivity contribution in [3.8, 4) is 0 Å². The van der Waals surface area contributed by atoms with Gasteiger partial charge < -0.3 is 14.5 Å². The van der Waals surface area contributed by atoms with Crippen LogP contribution in [-0.2, 0) is 9.53 Å². The van der Waals surface area contributed by atoms with Crippen LogP contribution in [0.2, 0.25) is 0 Å². The minimum absolute atomic E-state index is 0.0582. The van der Waals surface area contributed by atoms with Crippen molar-refractivity contribution in [1.82, 2.24) is 15.1 Å². The molecule has 0 saturated carbocycles. The number of furan rings is 1. The summed E-state index contributed by atoms with van der Waals surface area (Å²) in [7, 11) is 0. The third-order valence-electron chi connectivity index (χ3n) is 4.31. The van der Waals surface area contributed by atoms with Crippen LogP contribution in [0.5, 0.6) is 0 Å². The zero-order chi connectivity index (χ0) is 16.7. The van der Waals surface area contributed by atoms with Gasteiger partial charge >= 0.3 is 0 Å². The van der Waals surface area contributed by atoms with Crippen molar-refractivity contribution < 1.29 is 13.9 Å². The van der Waals surface area contributed by atoms with Gasteiger partial charge in [-0.1, -0.05) is 13.8 Å². The number of rotatable bonds is 8. The molecule has 130 valence electrons. The fraction of sp³-hybridized carbons (Fsp3) is 0.706. The number of ether oxygens (including phenoxy) is 1. The Morgan fingerprint density at radius 1 is 1.48 bits per heavy atom. The number of nitrogens with one attached hydrogen (secondary N) is 1. The topological polar surface area (TPSA) is 58.0 Å². The molecule has 23 heavy (non-hydrogen) atoms. The van der Waals surface area contributed by atoms with Crippen molar-refractivity contribution in [2.75, 3.05) is 45.9 Å². The van der Waals surface area contributed by atoms with E-state index in [1.807, 2.05) is 19.1 Å². The molecule has 1 aliphatic rings. The molecule has 0 radical (unpaired) electrons. The molecular formula is C17H29N3O3. The van der Waals surface area contributed by atoms with Crippen molar-refractivity contribution in [2.24, 2.45) is 0 Å². The van der Waals surface area contributed by atoms with Crippen LogP contribution in [0, 0.1) is 0 Å². The Balaban J connectivity index is 1.86. The minimum Gasteiger partial charge on any atom is -0.468 e. The lowest BCUT2D eigenvalue weighted by Crippen LogP contribution is -2.47. The molecule has 1 aromatic rings. The number of nitrogens with zero attached hydrogens (tertiary/aromatic N) is 2. The molecule has 0 aliphatic carbocycles. The number of carbonyl (C=O) groups is 1. The van der Waals surface area contributed by atoms with Crippen LogP contribution in [0.3, 0.4) is 0 Å². The van der Waals surface area contributed by atoms with Crippen LogP contribution in [0.25, 0.3) is 0 Å². The maximum atomic E-state index is 12.2. The molecule has 2 heterocycles. The van der Waals surface area contributed by atoms with Crippen molar-refractivity contribution in [3.63, 3.8) is 0 Å². The molecule has 1 amide bonds. The van der Waals surface area contributed by atoms with E-state index in [0.29, 0.717) is 19.7 Å². The number of hydrogen-bond donors (Lipinski definition) is 1. The molecule has 0 spiro atoms. The Bertz CT molecular complexity index is 460. The fourth-order valence-corrected chi connectivity index (χ4v) is 3.06. The molecule has 1 aromatic heterocycles. The summed E-state index contributed by atoms with van der Waals surface area (Å²) >= 11 is 0. The molecule has 6 nitrogen and oxygen atoms in total. The lowest BCUT2D eigenvalue weighted by atomic mass is 10.2. The van der Waals surface area contributed by atoms with Gasteiger partial charge in [0.05, 0.1) is 31.6 Å². The van der Waals surface area contributed by atoms with Gasteiger partial charge in [0.15, 0.2) is 0 Å². The van der Waals surface area contributed by atoms with Crippen molar-refractivity contribution >= 4 is 5.91 Å². The summed E-state index contributed by atoms with van der Waals surface area (Å²) in [6, 6.07) is 3.94. The summed E-state index contributed by atoms with van der Waals surface area (Å²) in [6.45, 7) is 11.4. The Morgan fingerprint density at radius 3 is 2.87 bits per heavy atom. The Morgan fingerprint density at radius 2 is 2.26 bits per heavy atom. The number of morpholine rings is 1. The van der Waals surface area contributed by atoms with E-state index in [1.54, 1.807) is 6.26 Å². The normalized spacial score (nSPS) is 20.6. The van der Waals surface area contributed by atoms with Crippen LogP contribution in [0.1, 0.15) is 32.6 Å². The predicted octanol–water partition coefficient (Wildman–Crippen LogP) is 1.50. The molecule has 0 aromatic carbocycles. The summed E-state index contributed by atoms with van der Waals surface area (Å²) in [5, 5.41) is 3.06. The van der Waals surface area contributed by atoms with Crippen LogP contribution in [0.4, 0.5) is 0 Å². The summed E-state index contributed by atoms with van der Waals surface area (Å²) in [5.41, 5.74) is 0. The molecule has 6 heteroatoms. The second kappa shape index (κ2) is 9.05. The Labute approximate surface area is 138 Å². The molecule has 0 unspecified atom stereocenters. The molecular weight excluding hydrogens is 294 g/mol. The first-order chi connectivity index (χ1) is 11.1. The van der Waals surface area contributed by atoms with E-state index in [4.69, 9.17) is 9.15 Å². The summed E-state index contributed by atoms with van der Waals surface area (Å²) in [6.07, 6.45) is 1.88. The summed E-state index contributed by atoms with van der Waals surface area (Å²) in [4.78, 5) is 16.7. The second-order valence-corrected chi connectivity index (χ2v) is 5.97. The highest BCUT2D eigenvalue weighted by molar-refractivity contribution is 5.78. The number of hydrogen-bond acceptors (Lipinski definition) is 5. The van der Waals surface area contributed by atoms with Gasteiger partial charge in [-0.2, -0.15) is 0 Å². The van der Waals surface area contributed by atoms with Crippen molar-refractivity contribution in [3.05, 3.63) is 24.2 Å². The molecule has 0 bridgehead atoms. The monoisotopic (exact) mass is 323 g/mol. The van der Waals surface area contributed by atoms with Gasteiger partial charge in [0.25, 0.3) is 0 Å². The molecule has 1 N–H and O–H groups in total. The minimum atomic E-state index is 0.0582. The van der Waals surface area contributed by atoms with Gasteiger partial charge in [-0.25, -0.2) is 0 Å². The highest BCUT2D eigenvalue weighted by Crippen LogP contribution is 2.20. The van der Waals surface area contributed by atoms with Gasteiger partial charge in [-0.15, -0.1) is 0 Å². The standard InChI is InChI=1S/C17H29N3O3/c1-4-20(5-2)15(16-7-6-9-23-16)11-18-17(21)13-19-8-10-22-14(3)12-19/h6-7,9,14-15H,4-5,8,10-13H2,1-3H3,(H,18,21)/t14-,15-/m0/s1. The average Bonchev–Trinajstić information content (AvgIpc) is 3.05. The van der Waals surface area contributed by atoms with E-state index in [0.717, 1.165) is 31.9 Å². The van der Waals surface area contributed by atoms with E-state index in [9.17, 15) is 4.79 Å². The highest BCUT2D eigenvalue weighted by Gasteiger charge is 2.23. The number of carbonyl (C=O) groups excluding carboxylic acids is 1. The summed E-state index contributed by atoms with van der Waals surface area (Å²) in [5.74, 6) is 0.955. The smallest absolute Gasteiger partial charge is 0.234 e. The van der Waals surface area contributed by atoms with Gasteiger partial charge in [0.1, 0.15) is 5.76 Å². The Hall–Kier alpha value is -1.37. The highest BCUT2D eigenvalue weighted by atomic mass is 16.5. The first-order valence-electron chi connectivity index (χ1n) is 8.52. The van der Waals surface area contributed by atoms with Gasteiger partial charge in [0, 0.05) is 19.6 Å². The molecule has 1 saturated heterocycles. The quantitative estimate of drug-likeness (QED) is 0.786. The fourth-order valence-electron chi connectivity index (χ4n) is 3.06.